The van der Waals surface area contributed by atoms with Gasteiger partial charge < -0.3 is 4.42 Å². The third-order valence-electron chi connectivity index (χ3n) is 9.65. The molecule has 0 amide bonds. The van der Waals surface area contributed by atoms with Gasteiger partial charge in [0.1, 0.15) is 0 Å². The van der Waals surface area contributed by atoms with E-state index in [1.54, 1.807) is 0 Å². The first-order valence-corrected chi connectivity index (χ1v) is 11.5. The van der Waals surface area contributed by atoms with Crippen molar-refractivity contribution >= 4 is 0 Å². The number of hydrogen-bond acceptors (Lipinski definition) is 3. The zero-order valence-corrected chi connectivity index (χ0v) is 16.0. The number of nitrogens with zero attached hydrogens (tertiary/aromatic N) is 2. The average molecular weight is 353 g/mol. The largest absolute Gasteiger partial charge is 0.425 e. The minimum absolute atomic E-state index is 0.265. The Morgan fingerprint density at radius 2 is 1.12 bits per heavy atom. The molecule has 8 aliphatic carbocycles. The van der Waals surface area contributed by atoms with Crippen molar-refractivity contribution in [3.05, 3.63) is 11.8 Å². The van der Waals surface area contributed by atoms with Gasteiger partial charge in [0.25, 0.3) is 0 Å². The normalized spacial score (nSPS) is 53.5. The minimum atomic E-state index is 0.265. The van der Waals surface area contributed by atoms with Gasteiger partial charge in [-0.15, -0.1) is 10.2 Å². The van der Waals surface area contributed by atoms with Crippen LogP contribution in [0.2, 0.25) is 0 Å². The third-order valence-corrected chi connectivity index (χ3v) is 9.65. The van der Waals surface area contributed by atoms with Crippen LogP contribution in [0, 0.1) is 40.9 Å². The first kappa shape index (κ1) is 15.1. The van der Waals surface area contributed by atoms with Crippen LogP contribution in [0.1, 0.15) is 88.8 Å². The molecule has 0 aromatic carbocycles. The first-order valence-electron chi connectivity index (χ1n) is 11.5. The second-order valence-corrected chi connectivity index (χ2v) is 11.8. The molecule has 26 heavy (non-hydrogen) atoms. The number of aromatic nitrogens is 2. The SMILES string of the molecule is C1C2CC3CC1CC(Cc1nnc(C45CC6CC(CC(C6)C4)C5)o1)(C2)C3. The van der Waals surface area contributed by atoms with E-state index in [-0.39, 0.29) is 5.41 Å². The molecule has 8 aliphatic rings. The molecule has 1 heterocycles. The summed E-state index contributed by atoms with van der Waals surface area (Å²) in [6.45, 7) is 0. The maximum atomic E-state index is 6.49. The summed E-state index contributed by atoms with van der Waals surface area (Å²) in [7, 11) is 0. The molecule has 0 aliphatic heterocycles. The summed E-state index contributed by atoms with van der Waals surface area (Å²) in [5.41, 5.74) is 0.779. The highest BCUT2D eigenvalue weighted by molar-refractivity contribution is 5.15. The molecule has 8 saturated carbocycles. The third kappa shape index (κ3) is 2.12. The van der Waals surface area contributed by atoms with E-state index < -0.39 is 0 Å². The van der Waals surface area contributed by atoms with E-state index in [2.05, 4.69) is 10.2 Å². The number of rotatable bonds is 3. The lowest BCUT2D eigenvalue weighted by molar-refractivity contribution is -0.0560. The Labute approximate surface area is 156 Å². The molecule has 1 aromatic rings. The summed E-state index contributed by atoms with van der Waals surface area (Å²) >= 11 is 0. The summed E-state index contributed by atoms with van der Waals surface area (Å²) in [5, 5.41) is 9.32. The van der Waals surface area contributed by atoms with E-state index in [0.717, 1.165) is 53.7 Å². The van der Waals surface area contributed by atoms with Gasteiger partial charge in [0, 0.05) is 11.8 Å². The zero-order valence-electron chi connectivity index (χ0n) is 16.0. The lowest BCUT2D eigenvalue weighted by Crippen LogP contribution is -2.48. The van der Waals surface area contributed by atoms with Gasteiger partial charge in [0.15, 0.2) is 0 Å². The van der Waals surface area contributed by atoms with Crippen LogP contribution in [0.5, 0.6) is 0 Å². The average Bonchev–Trinajstić information content (AvgIpc) is 3.01. The van der Waals surface area contributed by atoms with Gasteiger partial charge >= 0.3 is 0 Å². The Morgan fingerprint density at radius 3 is 1.62 bits per heavy atom. The maximum absolute atomic E-state index is 6.49. The molecule has 8 fully saturated rings. The van der Waals surface area contributed by atoms with Crippen molar-refractivity contribution in [1.29, 1.82) is 0 Å². The van der Waals surface area contributed by atoms with Crippen LogP contribution in [0.3, 0.4) is 0 Å². The molecule has 0 saturated heterocycles. The smallest absolute Gasteiger partial charge is 0.222 e. The van der Waals surface area contributed by atoms with Crippen molar-refractivity contribution in [1.82, 2.24) is 10.2 Å². The van der Waals surface area contributed by atoms with E-state index in [1.807, 2.05) is 0 Å². The maximum Gasteiger partial charge on any atom is 0.222 e. The monoisotopic (exact) mass is 352 g/mol. The summed E-state index contributed by atoms with van der Waals surface area (Å²) in [4.78, 5) is 0. The Morgan fingerprint density at radius 1 is 0.654 bits per heavy atom. The second-order valence-electron chi connectivity index (χ2n) is 11.8. The molecule has 3 heteroatoms. The van der Waals surface area contributed by atoms with E-state index >= 15 is 0 Å². The van der Waals surface area contributed by atoms with Crippen LogP contribution >= 0.6 is 0 Å². The Kier molecular flexibility index (Phi) is 2.87. The lowest BCUT2D eigenvalue weighted by Gasteiger charge is -2.56. The van der Waals surface area contributed by atoms with Crippen molar-refractivity contribution < 1.29 is 4.42 Å². The predicted octanol–water partition coefficient (Wildman–Crippen LogP) is 5.30. The van der Waals surface area contributed by atoms with E-state index in [1.165, 1.54) is 77.0 Å². The molecule has 0 unspecified atom stereocenters. The van der Waals surface area contributed by atoms with Gasteiger partial charge in [-0.1, -0.05) is 0 Å². The van der Waals surface area contributed by atoms with Crippen LogP contribution in [-0.2, 0) is 11.8 Å². The summed E-state index contributed by atoms with van der Waals surface area (Å²) in [6, 6.07) is 0. The fraction of sp³-hybridized carbons (Fsp3) is 0.913. The van der Waals surface area contributed by atoms with Crippen LogP contribution in [0.25, 0.3) is 0 Å². The fourth-order valence-electron chi connectivity index (χ4n) is 9.74. The van der Waals surface area contributed by atoms with Crippen molar-refractivity contribution in [3.8, 4) is 0 Å². The summed E-state index contributed by atoms with van der Waals surface area (Å²) in [6.07, 6.45) is 18.4. The van der Waals surface area contributed by atoms with Crippen LogP contribution < -0.4 is 0 Å². The zero-order chi connectivity index (χ0) is 16.9. The van der Waals surface area contributed by atoms with E-state index in [4.69, 9.17) is 4.42 Å². The predicted molar refractivity (Wildman–Crippen MR) is 98.5 cm³/mol. The lowest BCUT2D eigenvalue weighted by atomic mass is 9.49. The highest BCUT2D eigenvalue weighted by atomic mass is 16.4. The molecule has 8 bridgehead atoms. The second kappa shape index (κ2) is 4.94. The van der Waals surface area contributed by atoms with Crippen LogP contribution in [0.4, 0.5) is 0 Å². The van der Waals surface area contributed by atoms with Gasteiger partial charge in [-0.05, 0) is 118 Å². The van der Waals surface area contributed by atoms with Gasteiger partial charge in [-0.3, -0.25) is 0 Å². The van der Waals surface area contributed by atoms with E-state index in [0.29, 0.717) is 5.41 Å². The molecule has 0 atom stereocenters. The first-order chi connectivity index (χ1) is 12.7. The van der Waals surface area contributed by atoms with Gasteiger partial charge in [-0.2, -0.15) is 0 Å². The van der Waals surface area contributed by atoms with Crippen molar-refractivity contribution in [2.75, 3.05) is 0 Å². The molecule has 0 spiro atoms. The fourth-order valence-corrected chi connectivity index (χ4v) is 9.74. The highest BCUT2D eigenvalue weighted by Crippen LogP contribution is 2.62. The molecule has 140 valence electrons. The quantitative estimate of drug-likeness (QED) is 0.741. The summed E-state index contributed by atoms with van der Waals surface area (Å²) in [5.74, 6) is 7.87. The topological polar surface area (TPSA) is 38.9 Å². The van der Waals surface area contributed by atoms with Crippen LogP contribution in [0.15, 0.2) is 4.42 Å². The molecule has 9 rings (SSSR count). The number of hydrogen-bond donors (Lipinski definition) is 0. The highest BCUT2D eigenvalue weighted by Gasteiger charge is 2.55. The van der Waals surface area contributed by atoms with Crippen molar-refractivity contribution in [2.24, 2.45) is 40.9 Å². The van der Waals surface area contributed by atoms with E-state index in [9.17, 15) is 0 Å². The van der Waals surface area contributed by atoms with Crippen molar-refractivity contribution in [2.45, 2.75) is 88.9 Å². The molecule has 0 radical (unpaired) electrons. The van der Waals surface area contributed by atoms with Crippen LogP contribution in [-0.4, -0.2) is 10.2 Å². The van der Waals surface area contributed by atoms with Gasteiger partial charge in [-0.25, -0.2) is 0 Å². The van der Waals surface area contributed by atoms with Gasteiger partial charge in [0.05, 0.1) is 0 Å². The Balaban J connectivity index is 1.16. The van der Waals surface area contributed by atoms with Gasteiger partial charge in [0.2, 0.25) is 11.8 Å². The minimum Gasteiger partial charge on any atom is -0.425 e. The van der Waals surface area contributed by atoms with Crippen molar-refractivity contribution in [3.63, 3.8) is 0 Å². The molecular weight excluding hydrogens is 320 g/mol. The summed E-state index contributed by atoms with van der Waals surface area (Å²) < 4.78 is 6.49. The standard InChI is InChI=1S/C23H32N2O/c1-14-2-16-3-15(1)8-22(7-14,9-16)13-20-24-25-21(26-20)23-10-17-4-18(11-23)6-19(5-17)12-23/h14-19H,1-13H2. The molecule has 3 nitrogen and oxygen atoms in total. The Hall–Kier alpha value is -0.860. The molecular formula is C23H32N2O. The molecule has 0 N–H and O–H groups in total. The molecule has 1 aromatic heterocycles. The Bertz CT molecular complexity index is 664.